The number of amides is 1. The molecule has 1 amide bonds. The number of carbonyl (C=O) groups excluding carboxylic acids is 1. The minimum absolute atomic E-state index is 0. The lowest BCUT2D eigenvalue weighted by Gasteiger charge is -2.23. The fourth-order valence-corrected chi connectivity index (χ4v) is 3.83. The van der Waals surface area contributed by atoms with Crippen molar-refractivity contribution in [2.24, 2.45) is 5.73 Å². The lowest BCUT2D eigenvalue weighted by atomic mass is 10.1. The van der Waals surface area contributed by atoms with Crippen molar-refractivity contribution in [3.8, 4) is 5.75 Å². The third-order valence-electron chi connectivity index (χ3n) is 5.77. The van der Waals surface area contributed by atoms with Gasteiger partial charge >= 0.3 is 5.97 Å². The van der Waals surface area contributed by atoms with E-state index in [1.54, 1.807) is 24.3 Å². The molecule has 3 aromatic carbocycles. The summed E-state index contributed by atoms with van der Waals surface area (Å²) in [5, 5.41) is 9.31. The lowest BCUT2D eigenvalue weighted by Crippen LogP contribution is -2.32. The number of nitrogens with zero attached hydrogens (tertiary/aromatic N) is 1. The fraction of sp³-hybridized carbons (Fsp3) is 0.394. The summed E-state index contributed by atoms with van der Waals surface area (Å²) in [5.41, 5.74) is 8.27. The molecule has 0 saturated heterocycles. The van der Waals surface area contributed by atoms with Gasteiger partial charge in [-0.3, -0.25) is 4.79 Å². The zero-order valence-electron chi connectivity index (χ0n) is 23.9. The van der Waals surface area contributed by atoms with Crippen LogP contribution in [-0.2, 0) is 24.4 Å². The Labute approximate surface area is 233 Å². The Morgan fingerprint density at radius 3 is 2.08 bits per heavy atom. The van der Waals surface area contributed by atoms with Gasteiger partial charge in [0.05, 0.1) is 12.0 Å². The molecule has 0 heterocycles. The van der Waals surface area contributed by atoms with Crippen molar-refractivity contribution in [2.45, 2.75) is 78.5 Å². The van der Waals surface area contributed by atoms with Crippen LogP contribution in [0.15, 0.2) is 78.9 Å². The van der Waals surface area contributed by atoms with Crippen LogP contribution in [0.25, 0.3) is 0 Å². The van der Waals surface area contributed by atoms with E-state index >= 15 is 0 Å². The Morgan fingerprint density at radius 2 is 1.46 bits per heavy atom. The van der Waals surface area contributed by atoms with Gasteiger partial charge in [-0.2, -0.15) is 0 Å². The molecule has 0 aromatic heterocycles. The van der Waals surface area contributed by atoms with Gasteiger partial charge in [-0.1, -0.05) is 86.8 Å². The van der Waals surface area contributed by atoms with Gasteiger partial charge in [0.15, 0.2) is 0 Å². The summed E-state index contributed by atoms with van der Waals surface area (Å²) in [6.07, 6.45) is 4.83. The van der Waals surface area contributed by atoms with Crippen LogP contribution in [0.2, 0.25) is 0 Å². The summed E-state index contributed by atoms with van der Waals surface area (Å²) in [6, 6.07) is 24.4. The summed E-state index contributed by atoms with van der Waals surface area (Å²) in [6.45, 7) is 9.63. The summed E-state index contributed by atoms with van der Waals surface area (Å²) < 4.78 is 5.79. The first-order valence-corrected chi connectivity index (χ1v) is 13.7. The van der Waals surface area contributed by atoms with E-state index in [1.807, 2.05) is 68.1 Å². The number of unbranched alkanes of at least 4 members (excludes halogenated alkanes) is 3. The van der Waals surface area contributed by atoms with Crippen molar-refractivity contribution in [2.75, 3.05) is 6.54 Å². The molecule has 0 aliphatic carbocycles. The first-order chi connectivity index (χ1) is 18.6. The minimum Gasteiger partial charge on any atom is -0.489 e. The number of hydrogen-bond acceptors (Lipinski definition) is 4. The Balaban J connectivity index is 0.000000976. The normalized spacial score (nSPS) is 10.8. The van der Waals surface area contributed by atoms with E-state index < -0.39 is 5.97 Å². The van der Waals surface area contributed by atoms with Crippen LogP contribution in [-0.4, -0.2) is 34.0 Å². The Hall–Kier alpha value is -3.64. The van der Waals surface area contributed by atoms with Gasteiger partial charge in [-0.25, -0.2) is 4.79 Å². The molecule has 39 heavy (non-hydrogen) atoms. The van der Waals surface area contributed by atoms with E-state index in [1.165, 1.54) is 12.8 Å². The van der Waals surface area contributed by atoms with Gasteiger partial charge in [-0.05, 0) is 56.5 Å². The molecule has 0 saturated carbocycles. The standard InChI is InChI=1S/C29H33NO4.C4H11N/c1-2-3-4-10-19-30(21-24-11-6-5-7-12-24)28(31)20-23-15-17-26(18-16-23)34-22-25-13-8-9-14-27(25)29(32)33;1-4(2,3)5/h5-9,11-18H,2-4,10,19-22H2,1H3,(H,32,33);5H2,1-3H3. The van der Waals surface area contributed by atoms with Crippen LogP contribution >= 0.6 is 0 Å². The van der Waals surface area contributed by atoms with Gasteiger partial charge in [0, 0.05) is 24.2 Å². The van der Waals surface area contributed by atoms with E-state index in [2.05, 4.69) is 19.1 Å². The molecule has 0 radical (unpaired) electrons. The number of ether oxygens (including phenoxy) is 1. The van der Waals surface area contributed by atoms with Gasteiger partial charge in [-0.15, -0.1) is 0 Å². The Morgan fingerprint density at radius 1 is 0.846 bits per heavy atom. The van der Waals surface area contributed by atoms with Gasteiger partial charge in [0.1, 0.15) is 12.4 Å². The summed E-state index contributed by atoms with van der Waals surface area (Å²) in [5.74, 6) is -0.218. The van der Waals surface area contributed by atoms with Crippen LogP contribution in [0.4, 0.5) is 0 Å². The molecule has 0 bridgehead atoms. The molecule has 3 N–H and O–H groups in total. The van der Waals surface area contributed by atoms with Gasteiger partial charge < -0.3 is 20.5 Å². The second kappa shape index (κ2) is 16.4. The monoisotopic (exact) mass is 532 g/mol. The van der Waals surface area contributed by atoms with E-state index in [0.717, 1.165) is 30.5 Å². The third-order valence-corrected chi connectivity index (χ3v) is 5.77. The highest BCUT2D eigenvalue weighted by Crippen LogP contribution is 2.18. The van der Waals surface area contributed by atoms with E-state index in [4.69, 9.17) is 10.5 Å². The zero-order chi connectivity index (χ0) is 28.7. The van der Waals surface area contributed by atoms with Crippen molar-refractivity contribution >= 4 is 11.9 Å². The maximum atomic E-state index is 13.1. The Kier molecular flexibility index (Phi) is 13.2. The molecule has 0 aliphatic heterocycles. The SMILES string of the molecule is CC(C)(C)N.CCCCCCN(Cc1ccccc1)C(=O)Cc1ccc(OCc2ccccc2C(=O)O)cc1. The van der Waals surface area contributed by atoms with Crippen LogP contribution in [0.3, 0.4) is 0 Å². The molecule has 6 heteroatoms. The number of carbonyl (C=O) groups is 2. The van der Waals surface area contributed by atoms with Crippen LogP contribution < -0.4 is 10.5 Å². The molecule has 3 aromatic rings. The van der Waals surface area contributed by atoms with Crippen molar-refractivity contribution in [1.82, 2.24) is 4.90 Å². The topological polar surface area (TPSA) is 92.9 Å². The number of carboxylic acid groups (broad SMARTS) is 1. The number of carboxylic acids is 1. The van der Waals surface area contributed by atoms with Gasteiger partial charge in [0.25, 0.3) is 0 Å². The summed E-state index contributed by atoms with van der Waals surface area (Å²) in [7, 11) is 0. The maximum absolute atomic E-state index is 13.1. The molecular formula is C33H44N2O4. The highest BCUT2D eigenvalue weighted by Gasteiger charge is 2.15. The molecule has 6 nitrogen and oxygen atoms in total. The molecule has 0 spiro atoms. The molecule has 0 aliphatic rings. The van der Waals surface area contributed by atoms with E-state index in [0.29, 0.717) is 24.3 Å². The number of rotatable bonds is 13. The minimum atomic E-state index is -0.970. The average Bonchev–Trinajstić information content (AvgIpc) is 2.89. The quantitative estimate of drug-likeness (QED) is 0.235. The lowest BCUT2D eigenvalue weighted by molar-refractivity contribution is -0.131. The van der Waals surface area contributed by atoms with Crippen molar-refractivity contribution in [3.63, 3.8) is 0 Å². The van der Waals surface area contributed by atoms with Crippen LogP contribution in [0.1, 0.15) is 80.4 Å². The molecule has 0 unspecified atom stereocenters. The molecule has 0 atom stereocenters. The average molecular weight is 533 g/mol. The van der Waals surface area contributed by atoms with Crippen LogP contribution in [0.5, 0.6) is 5.75 Å². The number of aromatic carboxylic acids is 1. The van der Waals surface area contributed by atoms with E-state index in [-0.39, 0.29) is 23.6 Å². The smallest absolute Gasteiger partial charge is 0.336 e. The second-order valence-electron chi connectivity index (χ2n) is 10.8. The molecule has 3 rings (SSSR count). The first-order valence-electron chi connectivity index (χ1n) is 13.7. The maximum Gasteiger partial charge on any atom is 0.336 e. The predicted molar refractivity (Wildman–Crippen MR) is 158 cm³/mol. The summed E-state index contributed by atoms with van der Waals surface area (Å²) in [4.78, 5) is 26.4. The molecule has 0 fully saturated rings. The first kappa shape index (κ1) is 31.6. The highest BCUT2D eigenvalue weighted by molar-refractivity contribution is 5.89. The fourth-order valence-electron chi connectivity index (χ4n) is 3.83. The van der Waals surface area contributed by atoms with Crippen LogP contribution in [0, 0.1) is 0 Å². The molecular weight excluding hydrogens is 488 g/mol. The zero-order valence-corrected chi connectivity index (χ0v) is 23.9. The Bertz CT molecular complexity index is 1130. The van der Waals surface area contributed by atoms with Crippen molar-refractivity contribution < 1.29 is 19.4 Å². The second-order valence-corrected chi connectivity index (χ2v) is 10.8. The third kappa shape index (κ3) is 13.1. The van der Waals surface area contributed by atoms with Crippen molar-refractivity contribution in [3.05, 3.63) is 101 Å². The predicted octanol–water partition coefficient (Wildman–Crippen LogP) is 6.86. The summed E-state index contributed by atoms with van der Waals surface area (Å²) >= 11 is 0. The molecule has 210 valence electrons. The largest absolute Gasteiger partial charge is 0.489 e. The number of benzene rings is 3. The number of nitrogens with two attached hydrogens (primary N) is 1. The highest BCUT2D eigenvalue weighted by atomic mass is 16.5. The van der Waals surface area contributed by atoms with Crippen molar-refractivity contribution in [1.29, 1.82) is 0 Å². The number of hydrogen-bond donors (Lipinski definition) is 2. The van der Waals surface area contributed by atoms with Gasteiger partial charge in [0.2, 0.25) is 5.91 Å². The van der Waals surface area contributed by atoms with E-state index in [9.17, 15) is 14.7 Å².